The molecule has 0 radical (unpaired) electrons. The Morgan fingerprint density at radius 3 is 2.34 bits per heavy atom. The highest BCUT2D eigenvalue weighted by atomic mass is 16.4. The predicted octanol–water partition coefficient (Wildman–Crippen LogP) is 5.08. The zero-order valence-electron chi connectivity index (χ0n) is 19.7. The van der Waals surface area contributed by atoms with E-state index >= 15 is 0 Å². The van der Waals surface area contributed by atoms with Crippen LogP contribution in [0.3, 0.4) is 0 Å². The summed E-state index contributed by atoms with van der Waals surface area (Å²) in [6.07, 6.45) is 1.22. The van der Waals surface area contributed by atoms with Crippen LogP contribution in [0.15, 0.2) is 72.8 Å². The average molecular weight is 472 g/mol. The van der Waals surface area contributed by atoms with Crippen LogP contribution in [0.25, 0.3) is 0 Å². The Bertz CT molecular complexity index is 1210. The van der Waals surface area contributed by atoms with Gasteiger partial charge in [-0.25, -0.2) is 4.79 Å². The fraction of sp³-hybridized carbons (Fsp3) is 0.250. The van der Waals surface area contributed by atoms with Gasteiger partial charge in [-0.2, -0.15) is 0 Å². The van der Waals surface area contributed by atoms with E-state index in [-0.39, 0.29) is 37.1 Å². The van der Waals surface area contributed by atoms with E-state index in [2.05, 4.69) is 10.6 Å². The minimum Gasteiger partial charge on any atom is -0.481 e. The second kappa shape index (κ2) is 10.9. The first-order valence-corrected chi connectivity index (χ1v) is 11.7. The molecular formula is C28H29N3O4. The molecule has 0 saturated carbocycles. The van der Waals surface area contributed by atoms with Gasteiger partial charge in [0.1, 0.15) is 0 Å². The number of benzene rings is 3. The zero-order valence-corrected chi connectivity index (χ0v) is 19.7. The number of carbonyl (C=O) groups excluding carboxylic acids is 2. The summed E-state index contributed by atoms with van der Waals surface area (Å²) in [6.45, 7) is 2.73. The van der Waals surface area contributed by atoms with Crippen molar-refractivity contribution in [1.82, 2.24) is 0 Å². The Balaban J connectivity index is 1.25. The molecule has 0 saturated heterocycles. The third-order valence-electron chi connectivity index (χ3n) is 6.19. The number of carboxylic acid groups (broad SMARTS) is 1. The van der Waals surface area contributed by atoms with E-state index in [9.17, 15) is 14.4 Å². The number of anilines is 3. The number of nitrogens with zero attached hydrogens (tertiary/aromatic N) is 1. The number of aliphatic carboxylic acids is 1. The summed E-state index contributed by atoms with van der Waals surface area (Å²) in [6, 6.07) is 22.6. The number of hydrogen-bond donors (Lipinski definition) is 3. The van der Waals surface area contributed by atoms with Crippen LogP contribution < -0.4 is 15.5 Å². The summed E-state index contributed by atoms with van der Waals surface area (Å²) < 4.78 is 0. The van der Waals surface area contributed by atoms with Gasteiger partial charge in [-0.3, -0.25) is 14.5 Å². The number of rotatable bonds is 9. The molecule has 1 aliphatic rings. The van der Waals surface area contributed by atoms with E-state index in [1.165, 1.54) is 5.56 Å². The minimum atomic E-state index is -0.821. The molecule has 1 unspecified atom stereocenters. The van der Waals surface area contributed by atoms with Crippen LogP contribution in [0.5, 0.6) is 0 Å². The van der Waals surface area contributed by atoms with Gasteiger partial charge in [-0.05, 0) is 59.4 Å². The third kappa shape index (κ3) is 6.26. The third-order valence-corrected chi connectivity index (χ3v) is 6.19. The number of hydrogen-bond acceptors (Lipinski definition) is 4. The molecule has 7 heteroatoms. The topological polar surface area (TPSA) is 98.7 Å². The molecule has 1 heterocycles. The molecule has 1 atom stereocenters. The van der Waals surface area contributed by atoms with E-state index in [0.717, 1.165) is 28.9 Å². The number of carboxylic acids is 1. The largest absolute Gasteiger partial charge is 0.481 e. The molecule has 0 aromatic heterocycles. The van der Waals surface area contributed by atoms with Crippen molar-refractivity contribution in [2.75, 3.05) is 28.6 Å². The van der Waals surface area contributed by atoms with Crippen molar-refractivity contribution < 1.29 is 19.5 Å². The van der Waals surface area contributed by atoms with Crippen LogP contribution in [0.4, 0.5) is 21.9 Å². The molecular weight excluding hydrogens is 442 g/mol. The molecule has 35 heavy (non-hydrogen) atoms. The van der Waals surface area contributed by atoms with Crippen molar-refractivity contribution in [2.24, 2.45) is 0 Å². The quantitative estimate of drug-likeness (QED) is 0.404. The standard InChI is InChI=1S/C28H29N3O4/c1-19(16-27(33)34)21-8-12-23(13-9-21)29-18-25(32)17-20-6-10-24(11-7-20)30-28(35)31-15-14-22-4-2-3-5-26(22)31/h2-13,19,29H,14-18H2,1H3,(H,30,35)(H,33,34). The lowest BCUT2D eigenvalue weighted by atomic mass is 9.98. The number of fused-ring (bicyclic) bond motifs is 1. The first-order valence-electron chi connectivity index (χ1n) is 11.7. The molecule has 3 N–H and O–H groups in total. The van der Waals surface area contributed by atoms with Gasteiger partial charge < -0.3 is 15.7 Å². The summed E-state index contributed by atoms with van der Waals surface area (Å²) in [5.41, 5.74) is 5.44. The van der Waals surface area contributed by atoms with Crippen LogP contribution >= 0.6 is 0 Å². The number of carbonyl (C=O) groups is 3. The van der Waals surface area contributed by atoms with Crippen molar-refractivity contribution in [3.63, 3.8) is 0 Å². The molecule has 2 amide bonds. The van der Waals surface area contributed by atoms with Crippen molar-refractivity contribution in [3.8, 4) is 0 Å². The van der Waals surface area contributed by atoms with Gasteiger partial charge in [-0.1, -0.05) is 49.4 Å². The van der Waals surface area contributed by atoms with Gasteiger partial charge in [0.15, 0.2) is 5.78 Å². The maximum absolute atomic E-state index is 12.7. The van der Waals surface area contributed by atoms with Crippen LogP contribution in [0.2, 0.25) is 0 Å². The molecule has 1 aliphatic heterocycles. The molecule has 180 valence electrons. The van der Waals surface area contributed by atoms with E-state index in [1.54, 1.807) is 4.90 Å². The van der Waals surface area contributed by atoms with Gasteiger partial charge in [0, 0.05) is 30.0 Å². The Kier molecular flexibility index (Phi) is 7.45. The number of amides is 2. The SMILES string of the molecule is CC(CC(=O)O)c1ccc(NCC(=O)Cc2ccc(NC(=O)N3CCc4ccccc43)cc2)cc1. The lowest BCUT2D eigenvalue weighted by Crippen LogP contribution is -2.33. The normalized spacial score (nSPS) is 13.1. The Morgan fingerprint density at radius 2 is 1.63 bits per heavy atom. The molecule has 0 spiro atoms. The molecule has 4 rings (SSSR count). The van der Waals surface area contributed by atoms with Crippen LogP contribution in [-0.4, -0.2) is 36.0 Å². The fourth-order valence-electron chi connectivity index (χ4n) is 4.25. The van der Waals surface area contributed by atoms with Crippen LogP contribution in [0.1, 0.15) is 36.0 Å². The van der Waals surface area contributed by atoms with Gasteiger partial charge in [0.05, 0.1) is 13.0 Å². The summed E-state index contributed by atoms with van der Waals surface area (Å²) in [5, 5.41) is 15.0. The summed E-state index contributed by atoms with van der Waals surface area (Å²) in [5.74, 6) is -0.848. The second-order valence-corrected chi connectivity index (χ2v) is 8.85. The van der Waals surface area contributed by atoms with Crippen LogP contribution in [0, 0.1) is 0 Å². The van der Waals surface area contributed by atoms with Crippen molar-refractivity contribution in [3.05, 3.63) is 89.5 Å². The smallest absolute Gasteiger partial charge is 0.326 e. The highest BCUT2D eigenvalue weighted by Crippen LogP contribution is 2.28. The highest BCUT2D eigenvalue weighted by molar-refractivity contribution is 6.03. The second-order valence-electron chi connectivity index (χ2n) is 8.85. The molecule has 3 aromatic rings. The van der Waals surface area contributed by atoms with Gasteiger partial charge in [-0.15, -0.1) is 0 Å². The van der Waals surface area contributed by atoms with Crippen LogP contribution in [-0.2, 0) is 22.4 Å². The van der Waals surface area contributed by atoms with Gasteiger partial charge >= 0.3 is 12.0 Å². The van der Waals surface area contributed by atoms with Crippen molar-refractivity contribution >= 4 is 34.8 Å². The molecule has 0 fully saturated rings. The van der Waals surface area contributed by atoms with Gasteiger partial charge in [0.25, 0.3) is 0 Å². The maximum atomic E-state index is 12.7. The molecule has 0 bridgehead atoms. The van der Waals surface area contributed by atoms with E-state index in [1.807, 2.05) is 79.7 Å². The predicted molar refractivity (Wildman–Crippen MR) is 137 cm³/mol. The number of nitrogens with one attached hydrogen (secondary N) is 2. The Morgan fingerprint density at radius 1 is 0.943 bits per heavy atom. The zero-order chi connectivity index (χ0) is 24.8. The average Bonchev–Trinajstić information content (AvgIpc) is 3.28. The summed E-state index contributed by atoms with van der Waals surface area (Å²) in [4.78, 5) is 37.7. The lowest BCUT2D eigenvalue weighted by molar-refractivity contribution is -0.137. The van der Waals surface area contributed by atoms with Crippen molar-refractivity contribution in [2.45, 2.75) is 32.1 Å². The first kappa shape index (κ1) is 24.0. The highest BCUT2D eigenvalue weighted by Gasteiger charge is 2.24. The Hall–Kier alpha value is -4.13. The van der Waals surface area contributed by atoms with Gasteiger partial charge in [0.2, 0.25) is 0 Å². The summed E-state index contributed by atoms with van der Waals surface area (Å²) >= 11 is 0. The Labute approximate surface area is 204 Å². The van der Waals surface area contributed by atoms with E-state index < -0.39 is 5.97 Å². The van der Waals surface area contributed by atoms with Crippen molar-refractivity contribution in [1.29, 1.82) is 0 Å². The monoisotopic (exact) mass is 471 g/mol. The number of ketones is 1. The fourth-order valence-corrected chi connectivity index (χ4v) is 4.25. The molecule has 7 nitrogen and oxygen atoms in total. The number of urea groups is 1. The molecule has 3 aromatic carbocycles. The number of para-hydroxylation sites is 1. The minimum absolute atomic E-state index is 0.0405. The lowest BCUT2D eigenvalue weighted by Gasteiger charge is -2.18. The number of Topliss-reactive ketones (excluding diaryl/α,β-unsaturated/α-hetero) is 1. The summed E-state index contributed by atoms with van der Waals surface area (Å²) in [7, 11) is 0. The first-order chi connectivity index (χ1) is 16.9. The molecule has 0 aliphatic carbocycles. The van der Waals surface area contributed by atoms with E-state index in [0.29, 0.717) is 12.2 Å². The van der Waals surface area contributed by atoms with E-state index in [4.69, 9.17) is 5.11 Å². The maximum Gasteiger partial charge on any atom is 0.326 e.